The van der Waals surface area contributed by atoms with E-state index in [2.05, 4.69) is 74.0 Å². The number of nitrogens with one attached hydrogen (secondary N) is 1. The highest BCUT2D eigenvalue weighted by molar-refractivity contribution is 7.20. The van der Waals surface area contributed by atoms with Crippen LogP contribution in [0, 0.1) is 0 Å². The van der Waals surface area contributed by atoms with Gasteiger partial charge < -0.3 is 10.2 Å². The lowest BCUT2D eigenvalue weighted by molar-refractivity contribution is 0.148. The first-order valence-corrected chi connectivity index (χ1v) is 13.9. The second kappa shape index (κ2) is 9.50. The lowest BCUT2D eigenvalue weighted by Crippen LogP contribution is -2.50. The number of imidazole rings is 1. The Morgan fingerprint density at radius 3 is 2.26 bits per heavy atom. The van der Waals surface area contributed by atoms with E-state index in [1.54, 1.807) is 11.3 Å². The van der Waals surface area contributed by atoms with Crippen LogP contribution in [0.1, 0.15) is 78.2 Å². The minimum atomic E-state index is -0.0853. The maximum Gasteiger partial charge on any atom is 0.216 e. The number of piperazine rings is 1. The molecule has 2 fully saturated rings. The van der Waals surface area contributed by atoms with Crippen LogP contribution in [0.15, 0.2) is 24.3 Å². The zero-order valence-corrected chi connectivity index (χ0v) is 22.3. The third-order valence-electron chi connectivity index (χ3n) is 7.21. The number of hydrogen-bond acceptors (Lipinski definition) is 6. The summed E-state index contributed by atoms with van der Waals surface area (Å²) in [6.45, 7) is 15.4. The normalized spacial score (nSPS) is 18.8. The number of aromatic nitrogens is 3. The molecule has 7 heteroatoms. The summed E-state index contributed by atoms with van der Waals surface area (Å²) in [5, 5.41) is 9.85. The first-order chi connectivity index (χ1) is 16.3. The fourth-order valence-corrected chi connectivity index (χ4v) is 6.24. The molecule has 2 aromatic heterocycles. The molecule has 0 amide bonds. The summed E-state index contributed by atoms with van der Waals surface area (Å²) in [7, 11) is 0. The van der Waals surface area contributed by atoms with Gasteiger partial charge in [0, 0.05) is 43.3 Å². The van der Waals surface area contributed by atoms with Crippen molar-refractivity contribution in [3.8, 4) is 11.3 Å². The average Bonchev–Trinajstić information content (AvgIpc) is 3.38. The summed E-state index contributed by atoms with van der Waals surface area (Å²) in [4.78, 5) is 11.2. The molecule has 3 aromatic rings. The number of anilines is 2. The Kier molecular flexibility index (Phi) is 6.60. The molecule has 1 N–H and O–H groups in total. The lowest BCUT2D eigenvalue weighted by atomic mass is 9.94. The molecule has 5 rings (SSSR count). The Bertz CT molecular complexity index is 1090. The van der Waals surface area contributed by atoms with Crippen molar-refractivity contribution in [2.45, 2.75) is 84.2 Å². The van der Waals surface area contributed by atoms with Crippen LogP contribution in [0.3, 0.4) is 0 Å². The fourth-order valence-electron chi connectivity index (χ4n) is 5.29. The zero-order valence-electron chi connectivity index (χ0n) is 21.5. The summed E-state index contributed by atoms with van der Waals surface area (Å²) in [5.41, 5.74) is 3.38. The van der Waals surface area contributed by atoms with E-state index in [0.717, 1.165) is 59.4 Å². The monoisotopic (exact) mass is 480 g/mol. The third kappa shape index (κ3) is 4.96. The average molecular weight is 481 g/mol. The van der Waals surface area contributed by atoms with E-state index >= 15 is 0 Å². The van der Waals surface area contributed by atoms with Gasteiger partial charge in [0.15, 0.2) is 5.82 Å². The molecular formula is C27H40N6S. The minimum absolute atomic E-state index is 0.0853. The molecule has 34 heavy (non-hydrogen) atoms. The summed E-state index contributed by atoms with van der Waals surface area (Å²) in [5.74, 6) is 1.51. The van der Waals surface area contributed by atoms with E-state index in [9.17, 15) is 0 Å². The van der Waals surface area contributed by atoms with Crippen molar-refractivity contribution in [3.63, 3.8) is 0 Å². The highest BCUT2D eigenvalue weighted by Gasteiger charge is 2.28. The van der Waals surface area contributed by atoms with E-state index in [1.165, 1.54) is 37.7 Å². The predicted octanol–water partition coefficient (Wildman–Crippen LogP) is 6.25. The molecular weight excluding hydrogens is 440 g/mol. The van der Waals surface area contributed by atoms with E-state index in [0.29, 0.717) is 5.92 Å². The van der Waals surface area contributed by atoms with Crippen molar-refractivity contribution < 1.29 is 0 Å². The van der Waals surface area contributed by atoms with Crippen LogP contribution in [0.5, 0.6) is 0 Å². The SMILES string of the molecule is CC(C)c1ccc(-c2nc3sc(N4CCN(C5CCCCC5)CC4)nn3c2NC(C)(C)C)cc1. The lowest BCUT2D eigenvalue weighted by Gasteiger charge is -2.40. The Labute approximate surface area is 208 Å². The van der Waals surface area contributed by atoms with Gasteiger partial charge in [-0.25, -0.2) is 4.98 Å². The topological polar surface area (TPSA) is 48.7 Å². The van der Waals surface area contributed by atoms with E-state index in [-0.39, 0.29) is 5.54 Å². The Morgan fingerprint density at radius 2 is 1.65 bits per heavy atom. The highest BCUT2D eigenvalue weighted by atomic mass is 32.1. The van der Waals surface area contributed by atoms with Gasteiger partial charge in [0.2, 0.25) is 10.1 Å². The number of hydrogen-bond donors (Lipinski definition) is 1. The molecule has 0 spiro atoms. The Balaban J connectivity index is 1.39. The van der Waals surface area contributed by atoms with Gasteiger partial charge in [0.1, 0.15) is 5.69 Å². The van der Waals surface area contributed by atoms with Crippen molar-refractivity contribution in [1.82, 2.24) is 19.5 Å². The van der Waals surface area contributed by atoms with Gasteiger partial charge in [0.25, 0.3) is 0 Å². The quantitative estimate of drug-likeness (QED) is 0.468. The summed E-state index contributed by atoms with van der Waals surface area (Å²) in [6.07, 6.45) is 6.99. The maximum absolute atomic E-state index is 5.07. The zero-order chi connectivity index (χ0) is 23.9. The number of fused-ring (bicyclic) bond motifs is 1. The molecule has 1 aromatic carbocycles. The van der Waals surface area contributed by atoms with Gasteiger partial charge in [-0.05, 0) is 45.1 Å². The van der Waals surface area contributed by atoms with Crippen LogP contribution in [0.25, 0.3) is 16.2 Å². The van der Waals surface area contributed by atoms with Crippen LogP contribution >= 0.6 is 11.3 Å². The largest absolute Gasteiger partial charge is 0.364 e. The number of nitrogens with zero attached hydrogens (tertiary/aromatic N) is 5. The van der Waals surface area contributed by atoms with E-state index in [1.807, 2.05) is 4.52 Å². The molecule has 1 aliphatic carbocycles. The molecule has 184 valence electrons. The second-order valence-corrected chi connectivity index (χ2v) is 12.3. The second-order valence-electron chi connectivity index (χ2n) is 11.4. The van der Waals surface area contributed by atoms with Crippen LogP contribution in [-0.4, -0.2) is 57.3 Å². The van der Waals surface area contributed by atoms with E-state index in [4.69, 9.17) is 10.1 Å². The Hall–Kier alpha value is -2.12. The Morgan fingerprint density at radius 1 is 0.971 bits per heavy atom. The molecule has 0 bridgehead atoms. The summed E-state index contributed by atoms with van der Waals surface area (Å²) >= 11 is 1.71. The van der Waals surface area contributed by atoms with Gasteiger partial charge in [-0.15, -0.1) is 5.10 Å². The van der Waals surface area contributed by atoms with Gasteiger partial charge in [-0.3, -0.25) is 4.90 Å². The van der Waals surface area contributed by atoms with Gasteiger partial charge >= 0.3 is 0 Å². The molecule has 2 aliphatic rings. The number of rotatable bonds is 5. The van der Waals surface area contributed by atoms with Crippen LogP contribution in [0.4, 0.5) is 10.9 Å². The van der Waals surface area contributed by atoms with Crippen LogP contribution < -0.4 is 10.2 Å². The van der Waals surface area contributed by atoms with Gasteiger partial charge in [0.05, 0.1) is 0 Å². The summed E-state index contributed by atoms with van der Waals surface area (Å²) in [6, 6.07) is 9.64. The highest BCUT2D eigenvalue weighted by Crippen LogP contribution is 2.36. The van der Waals surface area contributed by atoms with Crippen LogP contribution in [0.2, 0.25) is 0 Å². The van der Waals surface area contributed by atoms with Crippen molar-refractivity contribution in [2.24, 2.45) is 0 Å². The minimum Gasteiger partial charge on any atom is -0.364 e. The molecule has 1 saturated heterocycles. The number of benzene rings is 1. The molecule has 6 nitrogen and oxygen atoms in total. The van der Waals surface area contributed by atoms with E-state index < -0.39 is 0 Å². The molecule has 0 radical (unpaired) electrons. The first-order valence-electron chi connectivity index (χ1n) is 13.1. The third-order valence-corrected chi connectivity index (χ3v) is 8.18. The molecule has 0 unspecified atom stereocenters. The summed E-state index contributed by atoms with van der Waals surface area (Å²) < 4.78 is 2.03. The fraction of sp³-hybridized carbons (Fsp3) is 0.630. The van der Waals surface area contributed by atoms with Gasteiger partial charge in [-0.2, -0.15) is 4.52 Å². The molecule has 3 heterocycles. The predicted molar refractivity (Wildman–Crippen MR) is 144 cm³/mol. The molecule has 0 atom stereocenters. The maximum atomic E-state index is 5.07. The smallest absolute Gasteiger partial charge is 0.216 e. The van der Waals surface area contributed by atoms with Crippen molar-refractivity contribution >= 4 is 27.2 Å². The van der Waals surface area contributed by atoms with Gasteiger partial charge in [-0.1, -0.05) is 68.7 Å². The first kappa shape index (κ1) is 23.6. The van der Waals surface area contributed by atoms with Crippen molar-refractivity contribution in [3.05, 3.63) is 29.8 Å². The standard InChI is InChI=1S/C27H40N6S/c1-19(2)20-11-13-21(14-12-20)23-24(29-27(3,4)5)33-25(28-23)34-26(30-33)32-17-15-31(16-18-32)22-9-7-6-8-10-22/h11-14,19,22,29H,6-10,15-18H2,1-5H3. The molecule has 1 aliphatic heterocycles. The van der Waals surface area contributed by atoms with Crippen molar-refractivity contribution in [2.75, 3.05) is 36.4 Å². The van der Waals surface area contributed by atoms with Crippen LogP contribution in [-0.2, 0) is 0 Å². The van der Waals surface area contributed by atoms with Crippen molar-refractivity contribution in [1.29, 1.82) is 0 Å². The molecule has 1 saturated carbocycles.